The summed E-state index contributed by atoms with van der Waals surface area (Å²) < 4.78 is 12.9. The van der Waals surface area contributed by atoms with E-state index < -0.39 is 0 Å². The van der Waals surface area contributed by atoms with Crippen LogP contribution >= 0.6 is 11.6 Å². The molecule has 3 heterocycles. The molecule has 8 heteroatoms. The van der Waals surface area contributed by atoms with Gasteiger partial charge in [-0.2, -0.15) is 5.26 Å². The van der Waals surface area contributed by atoms with Gasteiger partial charge >= 0.3 is 0 Å². The van der Waals surface area contributed by atoms with Crippen LogP contribution in [0.25, 0.3) is 28.0 Å². The van der Waals surface area contributed by atoms with Gasteiger partial charge in [-0.25, -0.2) is 4.98 Å². The molecule has 34 heavy (non-hydrogen) atoms. The smallest absolute Gasteiger partial charge is 0.141 e. The summed E-state index contributed by atoms with van der Waals surface area (Å²) >= 11 is 6.41. The lowest BCUT2D eigenvalue weighted by atomic mass is 10.0. The molecule has 2 aromatic carbocycles. The van der Waals surface area contributed by atoms with Gasteiger partial charge in [0.15, 0.2) is 0 Å². The van der Waals surface area contributed by atoms with Crippen LogP contribution < -0.4 is 20.1 Å². The van der Waals surface area contributed by atoms with Crippen molar-refractivity contribution in [1.82, 2.24) is 9.38 Å². The number of nitriles is 1. The molecule has 1 aliphatic rings. The van der Waals surface area contributed by atoms with Crippen LogP contribution in [0.4, 0.5) is 5.69 Å². The number of nitrogens with zero attached hydrogens (tertiary/aromatic N) is 4. The summed E-state index contributed by atoms with van der Waals surface area (Å²) in [5.74, 6) is 1.17. The Bertz CT molecular complexity index is 1410. The molecule has 1 saturated heterocycles. The van der Waals surface area contributed by atoms with Gasteiger partial charge in [-0.3, -0.25) is 0 Å². The minimum Gasteiger partial charge on any atom is -0.496 e. The minimum absolute atomic E-state index is 0.144. The van der Waals surface area contributed by atoms with E-state index in [4.69, 9.17) is 31.8 Å². The number of nitrogens with two attached hydrogens (primary N) is 1. The van der Waals surface area contributed by atoms with Crippen LogP contribution in [0.1, 0.15) is 12.0 Å². The first-order chi connectivity index (χ1) is 16.5. The highest BCUT2D eigenvalue weighted by Gasteiger charge is 2.23. The predicted molar refractivity (Wildman–Crippen MR) is 134 cm³/mol. The number of ether oxygens (including phenoxy) is 2. The average molecular weight is 474 g/mol. The quantitative estimate of drug-likeness (QED) is 0.450. The highest BCUT2D eigenvalue weighted by molar-refractivity contribution is 6.32. The van der Waals surface area contributed by atoms with E-state index in [1.54, 1.807) is 20.3 Å². The van der Waals surface area contributed by atoms with Crippen molar-refractivity contribution in [2.75, 3.05) is 32.2 Å². The largest absolute Gasteiger partial charge is 0.496 e. The molecule has 0 saturated carbocycles. The molecule has 1 fully saturated rings. The van der Waals surface area contributed by atoms with E-state index in [0.29, 0.717) is 22.1 Å². The number of hydrogen-bond donors (Lipinski definition) is 1. The lowest BCUT2D eigenvalue weighted by molar-refractivity contribution is 0.395. The zero-order valence-corrected chi connectivity index (χ0v) is 19.7. The third kappa shape index (κ3) is 3.92. The van der Waals surface area contributed by atoms with E-state index in [-0.39, 0.29) is 6.04 Å². The van der Waals surface area contributed by atoms with Crippen molar-refractivity contribution in [3.63, 3.8) is 0 Å². The fourth-order valence-electron chi connectivity index (χ4n) is 4.43. The molecule has 0 unspecified atom stereocenters. The standard InChI is InChI=1S/C26H24ClN5O2/c1-33-24-11-25(34-2)21(27)9-19(24)22-15-32-14-20(17-5-3-16(12-28)4-6-17)23(10-26(32)30-22)31-8-7-18(29)13-31/h3-6,9-11,14-15,18H,7-8,13,29H2,1-2H3/t18-/m0/s1. The first-order valence-corrected chi connectivity index (χ1v) is 11.3. The first kappa shape index (κ1) is 22.1. The Kier molecular flexibility index (Phi) is 5.78. The normalized spacial score (nSPS) is 15.5. The Morgan fingerprint density at radius 1 is 1.06 bits per heavy atom. The van der Waals surface area contributed by atoms with Crippen molar-refractivity contribution in [1.29, 1.82) is 5.26 Å². The highest BCUT2D eigenvalue weighted by atomic mass is 35.5. The summed E-state index contributed by atoms with van der Waals surface area (Å²) in [5.41, 5.74) is 12.3. The topological polar surface area (TPSA) is 88.8 Å². The van der Waals surface area contributed by atoms with Gasteiger partial charge in [0.1, 0.15) is 17.1 Å². The number of rotatable bonds is 5. The third-order valence-electron chi connectivity index (χ3n) is 6.21. The van der Waals surface area contributed by atoms with Crippen molar-refractivity contribution in [2.45, 2.75) is 12.5 Å². The molecule has 0 aliphatic carbocycles. The molecule has 2 N–H and O–H groups in total. The van der Waals surface area contributed by atoms with Gasteiger partial charge in [0, 0.05) is 60.5 Å². The summed E-state index contributed by atoms with van der Waals surface area (Å²) in [5, 5.41) is 9.68. The van der Waals surface area contributed by atoms with Crippen LogP contribution in [0.5, 0.6) is 11.5 Å². The molecule has 1 atom stereocenters. The molecule has 4 aromatic rings. The zero-order valence-electron chi connectivity index (χ0n) is 19.0. The number of hydrogen-bond acceptors (Lipinski definition) is 6. The van der Waals surface area contributed by atoms with Crippen LogP contribution in [-0.2, 0) is 0 Å². The van der Waals surface area contributed by atoms with Crippen molar-refractivity contribution < 1.29 is 9.47 Å². The Hall–Kier alpha value is -3.73. The van der Waals surface area contributed by atoms with E-state index >= 15 is 0 Å². The summed E-state index contributed by atoms with van der Waals surface area (Å²) in [4.78, 5) is 7.19. The number of methoxy groups -OCH3 is 2. The molecule has 0 amide bonds. The van der Waals surface area contributed by atoms with Crippen LogP contribution in [-0.4, -0.2) is 42.7 Å². The number of imidazole rings is 1. The number of benzene rings is 2. The molecule has 2 aromatic heterocycles. The Labute approximate surface area is 202 Å². The maximum Gasteiger partial charge on any atom is 0.141 e. The van der Waals surface area contributed by atoms with Crippen LogP contribution in [0, 0.1) is 11.3 Å². The summed E-state index contributed by atoms with van der Waals surface area (Å²) in [6.07, 6.45) is 4.98. The van der Waals surface area contributed by atoms with E-state index in [0.717, 1.165) is 53.2 Å². The van der Waals surface area contributed by atoms with E-state index in [2.05, 4.69) is 23.2 Å². The second-order valence-electron chi connectivity index (χ2n) is 8.33. The summed E-state index contributed by atoms with van der Waals surface area (Å²) in [6, 6.07) is 15.6. The van der Waals surface area contributed by atoms with Gasteiger partial charge in [-0.15, -0.1) is 0 Å². The van der Waals surface area contributed by atoms with Crippen LogP contribution in [0.15, 0.2) is 54.9 Å². The van der Waals surface area contributed by atoms with E-state index in [1.165, 1.54) is 0 Å². The number of aromatic nitrogens is 2. The van der Waals surface area contributed by atoms with E-state index in [1.807, 2.05) is 40.9 Å². The van der Waals surface area contributed by atoms with Crippen LogP contribution in [0.3, 0.4) is 0 Å². The van der Waals surface area contributed by atoms with Gasteiger partial charge in [0.25, 0.3) is 0 Å². The monoisotopic (exact) mass is 473 g/mol. The van der Waals surface area contributed by atoms with Crippen molar-refractivity contribution in [3.05, 3.63) is 65.4 Å². The molecule has 7 nitrogen and oxygen atoms in total. The van der Waals surface area contributed by atoms with Gasteiger partial charge in [0.2, 0.25) is 0 Å². The third-order valence-corrected chi connectivity index (χ3v) is 6.51. The molecule has 5 rings (SSSR count). The van der Waals surface area contributed by atoms with Gasteiger partial charge in [0.05, 0.1) is 36.6 Å². The molecule has 0 spiro atoms. The maximum absolute atomic E-state index is 9.19. The SMILES string of the molecule is COc1cc(OC)c(-c2cn3cc(-c4ccc(C#N)cc4)c(N4CC[C@H](N)C4)cc3n2)cc1Cl. The molecule has 1 aliphatic heterocycles. The Balaban J connectivity index is 1.67. The summed E-state index contributed by atoms with van der Waals surface area (Å²) in [6.45, 7) is 1.67. The number of pyridine rings is 1. The lowest BCUT2D eigenvalue weighted by Crippen LogP contribution is -2.26. The van der Waals surface area contributed by atoms with Gasteiger partial charge < -0.3 is 24.5 Å². The second-order valence-corrected chi connectivity index (χ2v) is 8.74. The predicted octanol–water partition coefficient (Wildman–Crippen LogP) is 4.75. The molecular formula is C26H24ClN5O2. The average Bonchev–Trinajstić information content (AvgIpc) is 3.48. The van der Waals surface area contributed by atoms with Crippen molar-refractivity contribution >= 4 is 22.9 Å². The fraction of sp³-hybridized carbons (Fsp3) is 0.231. The highest BCUT2D eigenvalue weighted by Crippen LogP contribution is 2.39. The number of halogens is 1. The lowest BCUT2D eigenvalue weighted by Gasteiger charge is -2.22. The van der Waals surface area contributed by atoms with Crippen LogP contribution in [0.2, 0.25) is 5.02 Å². The van der Waals surface area contributed by atoms with Crippen molar-refractivity contribution in [2.24, 2.45) is 5.73 Å². The maximum atomic E-state index is 9.19. The van der Waals surface area contributed by atoms with Gasteiger partial charge in [-0.1, -0.05) is 23.7 Å². The van der Waals surface area contributed by atoms with E-state index in [9.17, 15) is 5.26 Å². The molecule has 172 valence electrons. The number of fused-ring (bicyclic) bond motifs is 1. The molecule has 0 radical (unpaired) electrons. The molecular weight excluding hydrogens is 450 g/mol. The molecule has 0 bridgehead atoms. The minimum atomic E-state index is 0.144. The fourth-order valence-corrected chi connectivity index (χ4v) is 4.67. The van der Waals surface area contributed by atoms with Crippen molar-refractivity contribution in [3.8, 4) is 40.0 Å². The van der Waals surface area contributed by atoms with Gasteiger partial charge in [-0.05, 0) is 30.2 Å². The summed E-state index contributed by atoms with van der Waals surface area (Å²) in [7, 11) is 3.18. The zero-order chi connectivity index (χ0) is 23.8. The second kappa shape index (κ2) is 8.90. The first-order valence-electron chi connectivity index (χ1n) is 11.0. The Morgan fingerprint density at radius 2 is 1.82 bits per heavy atom. The number of anilines is 1. The Morgan fingerprint density at radius 3 is 2.47 bits per heavy atom.